The molecule has 2 aromatic rings. The van der Waals surface area contributed by atoms with Crippen molar-refractivity contribution in [2.75, 3.05) is 39.8 Å². The van der Waals surface area contributed by atoms with Gasteiger partial charge in [0.15, 0.2) is 5.96 Å². The SMILES string of the molecule is CN=C(NCCN1C(=O)c2ccccc2C1=O)N1CCOC(c2cnn(C)c2)C1. The smallest absolute Gasteiger partial charge is 0.261 e. The van der Waals surface area contributed by atoms with E-state index >= 15 is 0 Å². The van der Waals surface area contributed by atoms with Crippen molar-refractivity contribution in [2.45, 2.75) is 6.10 Å². The fourth-order valence-corrected chi connectivity index (χ4v) is 3.70. The predicted octanol–water partition coefficient (Wildman–Crippen LogP) is 0.665. The van der Waals surface area contributed by atoms with Gasteiger partial charge in [0, 0.05) is 45.5 Å². The summed E-state index contributed by atoms with van der Waals surface area (Å²) >= 11 is 0. The average Bonchev–Trinajstić information content (AvgIpc) is 3.28. The maximum Gasteiger partial charge on any atom is 0.261 e. The summed E-state index contributed by atoms with van der Waals surface area (Å²) in [6.45, 7) is 2.65. The summed E-state index contributed by atoms with van der Waals surface area (Å²) in [5.41, 5.74) is 1.96. The number of hydrogen-bond acceptors (Lipinski definition) is 5. The number of morpholine rings is 1. The number of nitrogens with zero attached hydrogens (tertiary/aromatic N) is 5. The van der Waals surface area contributed by atoms with E-state index in [1.54, 1.807) is 36.0 Å². The Morgan fingerprint density at radius 1 is 1.28 bits per heavy atom. The zero-order valence-corrected chi connectivity index (χ0v) is 16.5. The number of amides is 2. The number of ether oxygens (including phenoxy) is 1. The van der Waals surface area contributed by atoms with E-state index in [0.717, 1.165) is 11.5 Å². The number of guanidine groups is 1. The minimum atomic E-state index is -0.245. The normalized spacial score (nSPS) is 19.7. The van der Waals surface area contributed by atoms with Gasteiger partial charge in [-0.15, -0.1) is 0 Å². The number of benzene rings is 1. The number of fused-ring (bicyclic) bond motifs is 1. The number of nitrogens with one attached hydrogen (secondary N) is 1. The van der Waals surface area contributed by atoms with E-state index in [1.807, 2.05) is 19.4 Å². The first kappa shape index (κ1) is 19.1. The molecule has 0 saturated carbocycles. The van der Waals surface area contributed by atoms with E-state index < -0.39 is 0 Å². The van der Waals surface area contributed by atoms with Crippen LogP contribution in [-0.2, 0) is 11.8 Å². The number of hydrogen-bond donors (Lipinski definition) is 1. The van der Waals surface area contributed by atoms with Crippen LogP contribution in [0.1, 0.15) is 32.4 Å². The third-order valence-corrected chi connectivity index (χ3v) is 5.17. The Morgan fingerprint density at radius 3 is 2.62 bits per heavy atom. The fraction of sp³-hybridized carbons (Fsp3) is 0.400. The van der Waals surface area contributed by atoms with Gasteiger partial charge < -0.3 is 15.0 Å². The average molecular weight is 396 g/mol. The lowest BCUT2D eigenvalue weighted by atomic mass is 10.1. The lowest BCUT2D eigenvalue weighted by Gasteiger charge is -2.34. The van der Waals surface area contributed by atoms with E-state index in [2.05, 4.69) is 20.3 Å². The summed E-state index contributed by atoms with van der Waals surface area (Å²) in [6.07, 6.45) is 3.69. The van der Waals surface area contributed by atoms with Crippen molar-refractivity contribution in [1.29, 1.82) is 0 Å². The molecule has 0 bridgehead atoms. The Kier molecular flexibility index (Phi) is 5.30. The molecule has 2 aliphatic rings. The molecule has 1 unspecified atom stereocenters. The first-order chi connectivity index (χ1) is 14.1. The molecule has 0 spiro atoms. The topological polar surface area (TPSA) is 92.1 Å². The molecular formula is C20H24N6O3. The van der Waals surface area contributed by atoms with Crippen LogP contribution in [0.25, 0.3) is 0 Å². The zero-order chi connectivity index (χ0) is 20.4. The molecule has 152 valence electrons. The number of aliphatic imine (C=N–C) groups is 1. The predicted molar refractivity (Wildman–Crippen MR) is 107 cm³/mol. The third kappa shape index (κ3) is 3.73. The molecule has 29 heavy (non-hydrogen) atoms. The van der Waals surface area contributed by atoms with Crippen molar-refractivity contribution in [2.24, 2.45) is 12.0 Å². The molecule has 2 amide bonds. The van der Waals surface area contributed by atoms with E-state index in [-0.39, 0.29) is 24.5 Å². The van der Waals surface area contributed by atoms with Crippen molar-refractivity contribution in [3.05, 3.63) is 53.3 Å². The standard InChI is InChI=1S/C20H24N6O3/c1-21-20(25-9-10-29-17(13-25)14-11-23-24(2)12-14)22-7-8-26-18(27)15-5-3-4-6-16(15)19(26)28/h3-6,11-12,17H,7-10,13H2,1-2H3,(H,21,22). The van der Waals surface area contributed by atoms with Crippen molar-refractivity contribution in [1.82, 2.24) is 24.9 Å². The van der Waals surface area contributed by atoms with Crippen LogP contribution in [0.2, 0.25) is 0 Å². The molecule has 1 N–H and O–H groups in total. The molecule has 1 fully saturated rings. The molecule has 1 saturated heterocycles. The summed E-state index contributed by atoms with van der Waals surface area (Å²) in [5, 5.41) is 7.47. The highest BCUT2D eigenvalue weighted by Crippen LogP contribution is 2.23. The van der Waals surface area contributed by atoms with Crippen molar-refractivity contribution < 1.29 is 14.3 Å². The highest BCUT2D eigenvalue weighted by atomic mass is 16.5. The second-order valence-electron chi connectivity index (χ2n) is 7.03. The second kappa shape index (κ2) is 8.04. The zero-order valence-electron chi connectivity index (χ0n) is 16.5. The van der Waals surface area contributed by atoms with Gasteiger partial charge in [-0.05, 0) is 12.1 Å². The summed E-state index contributed by atoms with van der Waals surface area (Å²) < 4.78 is 7.63. The highest BCUT2D eigenvalue weighted by molar-refractivity contribution is 6.21. The monoisotopic (exact) mass is 396 g/mol. The fourth-order valence-electron chi connectivity index (χ4n) is 3.70. The van der Waals surface area contributed by atoms with Gasteiger partial charge >= 0.3 is 0 Å². The molecule has 2 aliphatic heterocycles. The Bertz CT molecular complexity index is 918. The Balaban J connectivity index is 1.34. The van der Waals surface area contributed by atoms with Crippen molar-refractivity contribution in [3.63, 3.8) is 0 Å². The molecule has 1 aromatic heterocycles. The van der Waals surface area contributed by atoms with Crippen LogP contribution in [0.15, 0.2) is 41.7 Å². The van der Waals surface area contributed by atoms with Crippen molar-refractivity contribution in [3.8, 4) is 0 Å². The maximum atomic E-state index is 12.5. The van der Waals surface area contributed by atoms with Crippen molar-refractivity contribution >= 4 is 17.8 Å². The number of rotatable bonds is 4. The lowest BCUT2D eigenvalue weighted by molar-refractivity contribution is -0.00802. The van der Waals surface area contributed by atoms with Crippen LogP contribution in [-0.4, -0.2) is 77.2 Å². The Labute approximate surface area is 168 Å². The maximum absolute atomic E-state index is 12.5. The van der Waals surface area contributed by atoms with Crippen LogP contribution in [0, 0.1) is 0 Å². The largest absolute Gasteiger partial charge is 0.370 e. The first-order valence-corrected chi connectivity index (χ1v) is 9.59. The van der Waals surface area contributed by atoms with Gasteiger partial charge in [-0.3, -0.25) is 24.2 Å². The van der Waals surface area contributed by atoms with Gasteiger partial charge in [0.25, 0.3) is 11.8 Å². The molecular weight excluding hydrogens is 372 g/mol. The summed E-state index contributed by atoms with van der Waals surface area (Å²) in [5.74, 6) is 0.231. The van der Waals surface area contributed by atoms with Gasteiger partial charge in [-0.1, -0.05) is 12.1 Å². The number of aryl methyl sites for hydroxylation is 1. The quantitative estimate of drug-likeness (QED) is 0.464. The minimum Gasteiger partial charge on any atom is -0.370 e. The van der Waals surface area contributed by atoms with E-state index in [4.69, 9.17) is 4.74 Å². The highest BCUT2D eigenvalue weighted by Gasteiger charge is 2.34. The summed E-state index contributed by atoms with van der Waals surface area (Å²) in [6, 6.07) is 6.91. The van der Waals surface area contributed by atoms with Gasteiger partial charge in [0.1, 0.15) is 6.10 Å². The third-order valence-electron chi connectivity index (χ3n) is 5.17. The van der Waals surface area contributed by atoms with E-state index in [1.165, 1.54) is 4.90 Å². The minimum absolute atomic E-state index is 0.0766. The van der Waals surface area contributed by atoms with Gasteiger partial charge in [0.2, 0.25) is 0 Å². The number of aromatic nitrogens is 2. The molecule has 1 atom stereocenters. The first-order valence-electron chi connectivity index (χ1n) is 9.59. The van der Waals surface area contributed by atoms with E-state index in [9.17, 15) is 9.59 Å². The Morgan fingerprint density at radius 2 is 2.00 bits per heavy atom. The molecule has 1 aromatic carbocycles. The number of imide groups is 1. The number of carbonyl (C=O) groups is 2. The van der Waals surface area contributed by atoms with E-state index in [0.29, 0.717) is 37.4 Å². The molecule has 4 rings (SSSR count). The van der Waals surface area contributed by atoms with Crippen LogP contribution in [0.4, 0.5) is 0 Å². The summed E-state index contributed by atoms with van der Waals surface area (Å²) in [7, 11) is 3.60. The van der Waals surface area contributed by atoms with Crippen LogP contribution in [0.3, 0.4) is 0 Å². The van der Waals surface area contributed by atoms with Gasteiger partial charge in [0.05, 0.1) is 30.5 Å². The molecule has 9 nitrogen and oxygen atoms in total. The molecule has 3 heterocycles. The van der Waals surface area contributed by atoms with Gasteiger partial charge in [-0.2, -0.15) is 5.10 Å². The lowest BCUT2D eigenvalue weighted by Crippen LogP contribution is -2.49. The summed E-state index contributed by atoms with van der Waals surface area (Å²) in [4.78, 5) is 32.7. The van der Waals surface area contributed by atoms with Crippen LogP contribution in [0.5, 0.6) is 0 Å². The molecule has 9 heteroatoms. The van der Waals surface area contributed by atoms with Crippen LogP contribution >= 0.6 is 0 Å². The van der Waals surface area contributed by atoms with Gasteiger partial charge in [-0.25, -0.2) is 0 Å². The molecule has 0 radical (unpaired) electrons. The molecule has 0 aliphatic carbocycles. The Hall–Kier alpha value is -3.20. The number of carbonyl (C=O) groups excluding carboxylic acids is 2. The second-order valence-corrected chi connectivity index (χ2v) is 7.03. The van der Waals surface area contributed by atoms with Crippen LogP contribution < -0.4 is 5.32 Å².